The second kappa shape index (κ2) is 1.98. The van der Waals surface area contributed by atoms with E-state index < -0.39 is 16.6 Å². The van der Waals surface area contributed by atoms with Crippen molar-refractivity contribution in [2.75, 3.05) is 0 Å². The molecule has 0 fully saturated rings. The highest BCUT2D eigenvalue weighted by atomic mass is 32.2. The van der Waals surface area contributed by atoms with Crippen LogP contribution in [0.1, 0.15) is 0 Å². The van der Waals surface area contributed by atoms with Crippen molar-refractivity contribution in [1.29, 1.82) is 0 Å². The molecule has 1 N–H and O–H groups in total. The van der Waals surface area contributed by atoms with Crippen LogP contribution < -0.4 is 0 Å². The van der Waals surface area contributed by atoms with E-state index in [0.717, 1.165) is 0 Å². The maximum atomic E-state index is 8.89. The van der Waals surface area contributed by atoms with Gasteiger partial charge in [0.2, 0.25) is 0 Å². The summed E-state index contributed by atoms with van der Waals surface area (Å²) < 4.78 is 6.46. The summed E-state index contributed by atoms with van der Waals surface area (Å²) in [5, 5.41) is 8.89. The van der Waals surface area contributed by atoms with Crippen LogP contribution in [0, 0.1) is 10.1 Å². The largest absolute Gasteiger partial charge is 0.399 e. The molecule has 0 aliphatic heterocycles. The molecule has 0 saturated heterocycles. The van der Waals surface area contributed by atoms with E-state index in [1.165, 1.54) is 0 Å². The van der Waals surface area contributed by atoms with Crippen molar-refractivity contribution < 1.29 is 8.88 Å². The van der Waals surface area contributed by atoms with E-state index in [2.05, 4.69) is 0 Å². The third-order valence-corrected chi connectivity index (χ3v) is 0.200. The molecule has 0 aliphatic rings. The van der Waals surface area contributed by atoms with Gasteiger partial charge >= 0.3 is 12.2 Å². The van der Waals surface area contributed by atoms with E-state index in [1.54, 1.807) is 0 Å². The molecule has 5 heteroatoms. The fraction of sp³-hybridized carbons (Fsp3) is 0. The molecule has 0 amide bonds. The lowest BCUT2D eigenvalue weighted by atomic mass is 13.4. The van der Waals surface area contributed by atoms with Crippen molar-refractivity contribution in [2.45, 2.75) is 0 Å². The molecule has 0 rings (SSSR count). The highest BCUT2D eigenvalue weighted by Gasteiger charge is 1.86. The van der Waals surface area contributed by atoms with Crippen LogP contribution in [-0.2, 0) is 0 Å². The Morgan fingerprint density at radius 1 is 2.00 bits per heavy atom. The maximum absolute atomic E-state index is 8.89. The van der Waals surface area contributed by atoms with Crippen molar-refractivity contribution in [1.82, 2.24) is 0 Å². The topological polar surface area (TPSA) is 63.4 Å². The van der Waals surface area contributed by atoms with Gasteiger partial charge in [-0.25, -0.2) is 10.1 Å². The molecule has 0 aromatic rings. The Labute approximate surface area is 32.3 Å². The molecule has 0 aliphatic carbocycles. The first kappa shape index (κ1) is 4.71. The molecule has 5 heavy (non-hydrogen) atoms. The lowest BCUT2D eigenvalue weighted by Gasteiger charge is -1.67. The van der Waals surface area contributed by atoms with E-state index >= 15 is 0 Å². The SMILES string of the molecule is O=[N+]([O-])SO. The zero-order valence-corrected chi connectivity index (χ0v) is 2.94. The van der Waals surface area contributed by atoms with Crippen molar-refractivity contribution in [3.8, 4) is 0 Å². The van der Waals surface area contributed by atoms with E-state index in [9.17, 15) is 0 Å². The van der Waals surface area contributed by atoms with Gasteiger partial charge in [-0.1, -0.05) is 0 Å². The zero-order chi connectivity index (χ0) is 4.28. The molecule has 0 aromatic carbocycles. The second-order valence-corrected chi connectivity index (χ2v) is 0.767. The van der Waals surface area contributed by atoms with Crippen LogP contribution in [0.25, 0.3) is 0 Å². The average Bonchev–Trinajstić information content (AvgIpc) is 1.38. The normalized spacial score (nSPS) is 7.40. The summed E-state index contributed by atoms with van der Waals surface area (Å²) in [7, 11) is 0. The van der Waals surface area contributed by atoms with E-state index in [0.29, 0.717) is 0 Å². The van der Waals surface area contributed by atoms with Crippen molar-refractivity contribution in [2.24, 2.45) is 0 Å². The van der Waals surface area contributed by atoms with Gasteiger partial charge in [-0.05, 0) is 0 Å². The van der Waals surface area contributed by atoms with Gasteiger partial charge in [0.05, 0.1) is 0 Å². The first-order valence-corrected chi connectivity index (χ1v) is 1.46. The van der Waals surface area contributed by atoms with Crippen molar-refractivity contribution in [3.05, 3.63) is 10.1 Å². The Morgan fingerprint density at radius 3 is 2.20 bits per heavy atom. The molecule has 0 unspecified atom stereocenters. The van der Waals surface area contributed by atoms with Crippen molar-refractivity contribution >= 4 is 12.2 Å². The van der Waals surface area contributed by atoms with Crippen LogP contribution in [-0.4, -0.2) is 8.88 Å². The van der Waals surface area contributed by atoms with Gasteiger partial charge in [0, 0.05) is 0 Å². The standard InChI is InChI=1S/HNO3S/c2-1(3)5-4/h4H. The summed E-state index contributed by atoms with van der Waals surface area (Å²) in [4.78, 5) is 8.89. The number of nitrogens with zero attached hydrogens (tertiary/aromatic N) is 1. The minimum absolute atomic E-state index is 0.398. The van der Waals surface area contributed by atoms with Gasteiger partial charge in [0.1, 0.15) is 4.33 Å². The van der Waals surface area contributed by atoms with Gasteiger partial charge in [-0.2, -0.15) is 0 Å². The molecule has 0 radical (unpaired) electrons. The highest BCUT2D eigenvalue weighted by Crippen LogP contribution is 1.85. The van der Waals surface area contributed by atoms with Crippen LogP contribution in [0.4, 0.5) is 0 Å². The number of hydrogen-bond donors (Lipinski definition) is 1. The maximum Gasteiger partial charge on any atom is 0.399 e. The third kappa shape index (κ3) is 3.71. The minimum Gasteiger partial charge on any atom is -0.270 e. The van der Waals surface area contributed by atoms with Crippen LogP contribution in [0.5, 0.6) is 0 Å². The molecular formula is HNO3S. The lowest BCUT2D eigenvalue weighted by Crippen LogP contribution is -1.76. The Bertz CT molecular complexity index is 42.2. The first-order valence-electron chi connectivity index (χ1n) is 0.730. The molecular weight excluding hydrogens is 94.1 g/mol. The summed E-state index contributed by atoms with van der Waals surface area (Å²) in [6.45, 7) is 0. The van der Waals surface area contributed by atoms with Crippen LogP contribution in [0.2, 0.25) is 0 Å². The molecule has 0 spiro atoms. The molecule has 0 heterocycles. The molecule has 0 aromatic heterocycles. The number of hydrogen-bond acceptors (Lipinski definition) is 4. The predicted octanol–water partition coefficient (Wildman–Crippen LogP) is 0.384. The Kier molecular flexibility index (Phi) is 1.86. The molecule has 0 saturated carbocycles. The smallest absolute Gasteiger partial charge is 0.270 e. The fourth-order valence-electron chi connectivity index (χ4n) is 0. The minimum atomic E-state index is -0.903. The quantitative estimate of drug-likeness (QED) is 0.221. The van der Waals surface area contributed by atoms with Gasteiger partial charge in [0.25, 0.3) is 0 Å². The lowest BCUT2D eigenvalue weighted by molar-refractivity contribution is -0.292. The van der Waals surface area contributed by atoms with E-state index in [-0.39, 0.29) is 0 Å². The van der Waals surface area contributed by atoms with Crippen molar-refractivity contribution in [3.63, 3.8) is 0 Å². The Morgan fingerprint density at radius 2 is 2.20 bits per heavy atom. The first-order chi connectivity index (χ1) is 2.27. The summed E-state index contributed by atoms with van der Waals surface area (Å²) >= 11 is -0.398. The molecule has 30 valence electrons. The summed E-state index contributed by atoms with van der Waals surface area (Å²) in [6.07, 6.45) is 0. The average molecular weight is 95.1 g/mol. The predicted molar refractivity (Wildman–Crippen MR) is 17.2 cm³/mol. The molecule has 0 atom stereocenters. The monoisotopic (exact) mass is 95.0 g/mol. The fourth-order valence-corrected chi connectivity index (χ4v) is 0. The second-order valence-electron chi connectivity index (χ2n) is 0.305. The van der Waals surface area contributed by atoms with Gasteiger partial charge in [-0.3, -0.25) is 4.55 Å². The zero-order valence-electron chi connectivity index (χ0n) is 2.12. The number of rotatable bonds is 1. The van der Waals surface area contributed by atoms with Crippen LogP contribution >= 0.6 is 12.2 Å². The molecule has 4 nitrogen and oxygen atoms in total. The van der Waals surface area contributed by atoms with Gasteiger partial charge in [0.15, 0.2) is 0 Å². The summed E-state index contributed by atoms with van der Waals surface area (Å²) in [6, 6.07) is 0. The van der Waals surface area contributed by atoms with Gasteiger partial charge < -0.3 is 0 Å². The summed E-state index contributed by atoms with van der Waals surface area (Å²) in [5.41, 5.74) is 0. The highest BCUT2D eigenvalue weighted by molar-refractivity contribution is 7.87. The van der Waals surface area contributed by atoms with E-state index in [1.807, 2.05) is 0 Å². The summed E-state index contributed by atoms with van der Waals surface area (Å²) in [5.74, 6) is 0. The van der Waals surface area contributed by atoms with Gasteiger partial charge in [-0.15, -0.1) is 0 Å². The van der Waals surface area contributed by atoms with Crippen LogP contribution in [0.15, 0.2) is 0 Å². The number of nitro groups is 1. The molecule has 0 bridgehead atoms. The Hall–Kier alpha value is -0.290. The van der Waals surface area contributed by atoms with Crippen LogP contribution in [0.3, 0.4) is 0 Å². The Balaban J connectivity index is 2.85. The van der Waals surface area contributed by atoms with E-state index in [4.69, 9.17) is 14.7 Å². The third-order valence-electron chi connectivity index (χ3n) is 0.0667.